The molecular weight excluding hydrogens is 228 g/mol. The third-order valence-corrected chi connectivity index (χ3v) is 2.98. The van der Waals surface area contributed by atoms with Crippen molar-refractivity contribution in [2.45, 2.75) is 12.5 Å². The fraction of sp³-hybridized carbons (Fsp3) is 0.286. The number of ether oxygens (including phenoxy) is 2. The number of nitrogens with zero attached hydrogens (tertiary/aromatic N) is 2. The van der Waals surface area contributed by atoms with Gasteiger partial charge in [-0.1, -0.05) is 18.2 Å². The highest BCUT2D eigenvalue weighted by atomic mass is 16.5. The van der Waals surface area contributed by atoms with Gasteiger partial charge in [0.2, 0.25) is 5.88 Å². The van der Waals surface area contributed by atoms with Crippen LogP contribution in [0.1, 0.15) is 12.0 Å². The van der Waals surface area contributed by atoms with Gasteiger partial charge >= 0.3 is 0 Å². The third kappa shape index (κ3) is 2.01. The zero-order chi connectivity index (χ0) is 12.4. The molecule has 1 aromatic carbocycles. The topological polar surface area (TPSA) is 55.1 Å². The van der Waals surface area contributed by atoms with Crippen molar-refractivity contribution < 1.29 is 9.47 Å². The molecular formula is C14H12N2O2. The number of rotatable bonds is 2. The molecule has 1 saturated heterocycles. The van der Waals surface area contributed by atoms with Crippen molar-refractivity contribution in [3.8, 4) is 11.9 Å². The van der Waals surface area contributed by atoms with E-state index < -0.39 is 0 Å². The van der Waals surface area contributed by atoms with Crippen LogP contribution in [0, 0.1) is 11.3 Å². The van der Waals surface area contributed by atoms with Gasteiger partial charge in [0.05, 0.1) is 18.7 Å². The van der Waals surface area contributed by atoms with E-state index in [9.17, 15) is 0 Å². The Hall–Kier alpha value is -2.12. The molecule has 1 aromatic heterocycles. The molecule has 90 valence electrons. The van der Waals surface area contributed by atoms with Gasteiger partial charge in [-0.3, -0.25) is 0 Å². The van der Waals surface area contributed by atoms with Crippen LogP contribution in [0.4, 0.5) is 0 Å². The Balaban J connectivity index is 2.01. The number of aromatic nitrogens is 1. The van der Waals surface area contributed by atoms with E-state index >= 15 is 0 Å². The second-order valence-electron chi connectivity index (χ2n) is 4.25. The molecule has 0 bridgehead atoms. The monoisotopic (exact) mass is 240 g/mol. The van der Waals surface area contributed by atoms with Gasteiger partial charge in [0, 0.05) is 11.8 Å². The molecule has 1 fully saturated rings. The van der Waals surface area contributed by atoms with Gasteiger partial charge in [-0.05, 0) is 12.1 Å². The summed E-state index contributed by atoms with van der Waals surface area (Å²) in [6.07, 6.45) is 0.852. The van der Waals surface area contributed by atoms with E-state index in [1.54, 1.807) is 0 Å². The number of fused-ring (bicyclic) bond motifs is 1. The first kappa shape index (κ1) is 11.0. The van der Waals surface area contributed by atoms with Crippen molar-refractivity contribution in [3.63, 3.8) is 0 Å². The lowest BCUT2D eigenvalue weighted by Gasteiger charge is -2.12. The van der Waals surface area contributed by atoms with Crippen molar-refractivity contribution in [1.82, 2.24) is 4.98 Å². The Bertz CT molecular complexity index is 613. The molecule has 1 unspecified atom stereocenters. The molecule has 2 aromatic rings. The number of pyridine rings is 1. The Morgan fingerprint density at radius 3 is 3.06 bits per heavy atom. The van der Waals surface area contributed by atoms with Crippen LogP contribution in [-0.2, 0) is 4.74 Å². The van der Waals surface area contributed by atoms with Gasteiger partial charge in [-0.2, -0.15) is 5.26 Å². The maximum atomic E-state index is 9.15. The van der Waals surface area contributed by atoms with Crippen LogP contribution in [0.2, 0.25) is 0 Å². The van der Waals surface area contributed by atoms with Crippen LogP contribution in [0.15, 0.2) is 30.3 Å². The van der Waals surface area contributed by atoms with Crippen molar-refractivity contribution in [3.05, 3.63) is 35.9 Å². The minimum Gasteiger partial charge on any atom is -0.471 e. The highest BCUT2D eigenvalue weighted by Gasteiger charge is 2.19. The third-order valence-electron chi connectivity index (χ3n) is 2.98. The minimum atomic E-state index is 0.00534. The smallest absolute Gasteiger partial charge is 0.232 e. The SMILES string of the molecule is N#Cc1cc2ccccc2nc1OC1CCOC1. The molecule has 4 heteroatoms. The molecule has 0 radical (unpaired) electrons. The quantitative estimate of drug-likeness (QED) is 0.808. The van der Waals surface area contributed by atoms with Crippen LogP contribution in [0.5, 0.6) is 5.88 Å². The molecule has 4 nitrogen and oxygen atoms in total. The molecule has 0 aliphatic carbocycles. The van der Waals surface area contributed by atoms with E-state index in [4.69, 9.17) is 14.7 Å². The van der Waals surface area contributed by atoms with E-state index in [0.29, 0.717) is 24.7 Å². The summed E-state index contributed by atoms with van der Waals surface area (Å²) in [4.78, 5) is 4.41. The maximum Gasteiger partial charge on any atom is 0.232 e. The van der Waals surface area contributed by atoms with Crippen LogP contribution >= 0.6 is 0 Å². The Labute approximate surface area is 105 Å². The number of nitriles is 1. The molecule has 2 heterocycles. The van der Waals surface area contributed by atoms with Crippen molar-refractivity contribution in [1.29, 1.82) is 5.26 Å². The van der Waals surface area contributed by atoms with Crippen molar-refractivity contribution in [2.75, 3.05) is 13.2 Å². The maximum absolute atomic E-state index is 9.15. The summed E-state index contributed by atoms with van der Waals surface area (Å²) >= 11 is 0. The van der Waals surface area contributed by atoms with Gasteiger partial charge in [-0.15, -0.1) is 0 Å². The van der Waals surface area contributed by atoms with Crippen molar-refractivity contribution >= 4 is 10.9 Å². The van der Waals surface area contributed by atoms with Gasteiger partial charge in [-0.25, -0.2) is 4.98 Å². The van der Waals surface area contributed by atoms with E-state index in [1.165, 1.54) is 0 Å². The first-order valence-corrected chi connectivity index (χ1v) is 5.91. The average Bonchev–Trinajstić information content (AvgIpc) is 2.91. The Kier molecular flexibility index (Phi) is 2.83. The summed E-state index contributed by atoms with van der Waals surface area (Å²) in [5.74, 6) is 0.409. The molecule has 0 saturated carbocycles. The van der Waals surface area contributed by atoms with Crippen LogP contribution in [0.25, 0.3) is 10.9 Å². The zero-order valence-corrected chi connectivity index (χ0v) is 9.80. The minimum absolute atomic E-state index is 0.00534. The lowest BCUT2D eigenvalue weighted by molar-refractivity contribution is 0.138. The predicted molar refractivity (Wildman–Crippen MR) is 66.3 cm³/mol. The summed E-state index contributed by atoms with van der Waals surface area (Å²) in [5.41, 5.74) is 1.31. The largest absolute Gasteiger partial charge is 0.471 e. The fourth-order valence-electron chi connectivity index (χ4n) is 2.03. The number of para-hydroxylation sites is 1. The highest BCUT2D eigenvalue weighted by Crippen LogP contribution is 2.23. The molecule has 1 atom stereocenters. The lowest BCUT2D eigenvalue weighted by atomic mass is 10.1. The fourth-order valence-corrected chi connectivity index (χ4v) is 2.03. The van der Waals surface area contributed by atoms with Crippen molar-refractivity contribution in [2.24, 2.45) is 0 Å². The summed E-state index contributed by atoms with van der Waals surface area (Å²) in [5, 5.41) is 10.1. The second kappa shape index (κ2) is 4.63. The molecule has 1 aliphatic rings. The molecule has 0 N–H and O–H groups in total. The van der Waals surface area contributed by atoms with E-state index in [1.807, 2.05) is 30.3 Å². The molecule has 18 heavy (non-hydrogen) atoms. The number of hydrogen-bond acceptors (Lipinski definition) is 4. The van der Waals surface area contributed by atoms with Crippen LogP contribution in [-0.4, -0.2) is 24.3 Å². The van der Waals surface area contributed by atoms with E-state index in [2.05, 4.69) is 11.1 Å². The summed E-state index contributed by atoms with van der Waals surface area (Å²) in [6.45, 7) is 1.28. The molecule has 1 aliphatic heterocycles. The summed E-state index contributed by atoms with van der Waals surface area (Å²) in [6, 6.07) is 11.6. The first-order valence-electron chi connectivity index (χ1n) is 5.91. The normalized spacial score (nSPS) is 18.7. The van der Waals surface area contributed by atoms with E-state index in [-0.39, 0.29) is 6.10 Å². The standard InChI is InChI=1S/C14H12N2O2/c15-8-11-7-10-3-1-2-4-13(10)16-14(11)18-12-5-6-17-9-12/h1-4,7,12H,5-6,9H2. The molecule has 0 amide bonds. The summed E-state index contributed by atoms with van der Waals surface area (Å²) in [7, 11) is 0. The van der Waals surface area contributed by atoms with E-state index in [0.717, 1.165) is 17.3 Å². The summed E-state index contributed by atoms with van der Waals surface area (Å²) < 4.78 is 11.0. The van der Waals surface area contributed by atoms with Gasteiger partial charge in [0.1, 0.15) is 17.7 Å². The van der Waals surface area contributed by atoms with Crippen LogP contribution in [0.3, 0.4) is 0 Å². The first-order chi connectivity index (χ1) is 8.86. The van der Waals surface area contributed by atoms with Gasteiger partial charge in [0.25, 0.3) is 0 Å². The van der Waals surface area contributed by atoms with Crippen LogP contribution < -0.4 is 4.74 Å². The second-order valence-corrected chi connectivity index (χ2v) is 4.25. The lowest BCUT2D eigenvalue weighted by Crippen LogP contribution is -2.17. The number of hydrogen-bond donors (Lipinski definition) is 0. The molecule has 3 rings (SSSR count). The Morgan fingerprint density at radius 1 is 1.39 bits per heavy atom. The predicted octanol–water partition coefficient (Wildman–Crippen LogP) is 2.27. The molecule has 0 spiro atoms. The zero-order valence-electron chi connectivity index (χ0n) is 9.80. The van der Waals surface area contributed by atoms with Gasteiger partial charge in [0.15, 0.2) is 0 Å². The van der Waals surface area contributed by atoms with Gasteiger partial charge < -0.3 is 9.47 Å². The Morgan fingerprint density at radius 2 is 2.28 bits per heavy atom. The highest BCUT2D eigenvalue weighted by molar-refractivity contribution is 5.80. The average molecular weight is 240 g/mol. The number of benzene rings is 1.